The van der Waals surface area contributed by atoms with Crippen LogP contribution in [0, 0.1) is 0 Å². The lowest BCUT2D eigenvalue weighted by Gasteiger charge is -2.16. The standard InChI is InChI=1S/C18H21N3O2S/c1-13(12-23-2)19-18(24)21-20-17(22)16-10-8-15(9-11-16)14-6-4-3-5-7-14/h3-11,13H,12H2,1-2H3,(H,20,22)(H2,19,21,24)/t13-/m0/s1. The Kier molecular flexibility index (Phi) is 6.72. The molecule has 0 saturated carbocycles. The number of ether oxygens (including phenoxy) is 1. The lowest BCUT2D eigenvalue weighted by atomic mass is 10.0. The molecule has 0 aromatic heterocycles. The van der Waals surface area contributed by atoms with Crippen LogP contribution in [-0.2, 0) is 4.74 Å². The first-order chi connectivity index (χ1) is 11.6. The largest absolute Gasteiger partial charge is 0.383 e. The van der Waals surface area contributed by atoms with Crippen LogP contribution in [0.1, 0.15) is 17.3 Å². The fourth-order valence-electron chi connectivity index (χ4n) is 2.18. The number of carbonyl (C=O) groups is 1. The highest BCUT2D eigenvalue weighted by Gasteiger charge is 2.07. The summed E-state index contributed by atoms with van der Waals surface area (Å²) >= 11 is 5.10. The minimum atomic E-state index is -0.252. The Hall–Kier alpha value is -2.44. The van der Waals surface area contributed by atoms with Gasteiger partial charge in [0.2, 0.25) is 0 Å². The first-order valence-electron chi connectivity index (χ1n) is 7.61. The third-order valence-electron chi connectivity index (χ3n) is 3.34. The lowest BCUT2D eigenvalue weighted by Crippen LogP contribution is -2.49. The summed E-state index contributed by atoms with van der Waals surface area (Å²) in [5, 5.41) is 3.34. The number of benzene rings is 2. The highest BCUT2D eigenvalue weighted by Crippen LogP contribution is 2.19. The molecule has 2 rings (SSSR count). The van der Waals surface area contributed by atoms with E-state index in [1.165, 1.54) is 0 Å². The van der Waals surface area contributed by atoms with Crippen molar-refractivity contribution >= 4 is 23.2 Å². The van der Waals surface area contributed by atoms with Gasteiger partial charge in [0.1, 0.15) is 0 Å². The van der Waals surface area contributed by atoms with Crippen molar-refractivity contribution in [3.63, 3.8) is 0 Å². The van der Waals surface area contributed by atoms with E-state index in [0.29, 0.717) is 17.3 Å². The smallest absolute Gasteiger partial charge is 0.269 e. The minimum Gasteiger partial charge on any atom is -0.383 e. The van der Waals surface area contributed by atoms with Crippen molar-refractivity contribution in [2.75, 3.05) is 13.7 Å². The van der Waals surface area contributed by atoms with Crippen LogP contribution in [0.3, 0.4) is 0 Å². The number of rotatable bonds is 5. The van der Waals surface area contributed by atoms with Gasteiger partial charge in [0.25, 0.3) is 5.91 Å². The Bertz CT molecular complexity index is 674. The Morgan fingerprint density at radius 1 is 1.04 bits per heavy atom. The molecule has 0 aliphatic heterocycles. The molecule has 3 N–H and O–H groups in total. The van der Waals surface area contributed by atoms with Gasteiger partial charge in [0, 0.05) is 18.7 Å². The topological polar surface area (TPSA) is 62.4 Å². The molecule has 0 spiro atoms. The molecule has 0 aliphatic carbocycles. The number of hydrogen-bond donors (Lipinski definition) is 3. The predicted octanol–water partition coefficient (Wildman–Crippen LogP) is 2.50. The number of thiocarbonyl (C=S) groups is 1. The quantitative estimate of drug-likeness (QED) is 0.575. The van der Waals surface area contributed by atoms with E-state index in [-0.39, 0.29) is 11.9 Å². The number of amides is 1. The van der Waals surface area contributed by atoms with Gasteiger partial charge >= 0.3 is 0 Å². The summed E-state index contributed by atoms with van der Waals surface area (Å²) in [5.41, 5.74) is 7.98. The maximum atomic E-state index is 12.1. The van der Waals surface area contributed by atoms with Gasteiger partial charge in [0.15, 0.2) is 5.11 Å². The third kappa shape index (κ3) is 5.33. The molecule has 0 saturated heterocycles. The molecule has 2 aromatic carbocycles. The van der Waals surface area contributed by atoms with Crippen molar-refractivity contribution < 1.29 is 9.53 Å². The van der Waals surface area contributed by atoms with Gasteiger partial charge in [-0.25, -0.2) is 0 Å². The van der Waals surface area contributed by atoms with Crippen molar-refractivity contribution in [3.05, 3.63) is 60.2 Å². The summed E-state index contributed by atoms with van der Waals surface area (Å²) in [6.07, 6.45) is 0. The van der Waals surface area contributed by atoms with Crippen molar-refractivity contribution in [1.82, 2.24) is 16.2 Å². The maximum absolute atomic E-state index is 12.1. The number of methoxy groups -OCH3 is 1. The number of hydrogen-bond acceptors (Lipinski definition) is 3. The van der Waals surface area contributed by atoms with Gasteiger partial charge in [-0.05, 0) is 42.4 Å². The molecular formula is C18H21N3O2S. The third-order valence-corrected chi connectivity index (χ3v) is 3.56. The number of carbonyl (C=O) groups excluding carboxylic acids is 1. The van der Waals surface area contributed by atoms with Gasteiger partial charge in [-0.3, -0.25) is 15.6 Å². The first-order valence-corrected chi connectivity index (χ1v) is 8.02. The Morgan fingerprint density at radius 3 is 2.29 bits per heavy atom. The first kappa shape index (κ1) is 17.9. The predicted molar refractivity (Wildman–Crippen MR) is 99.6 cm³/mol. The highest BCUT2D eigenvalue weighted by atomic mass is 32.1. The van der Waals surface area contributed by atoms with Gasteiger partial charge in [-0.1, -0.05) is 42.5 Å². The average Bonchev–Trinajstić information content (AvgIpc) is 2.61. The summed E-state index contributed by atoms with van der Waals surface area (Å²) in [6.45, 7) is 2.46. The molecule has 2 aromatic rings. The summed E-state index contributed by atoms with van der Waals surface area (Å²) in [7, 11) is 1.62. The summed E-state index contributed by atoms with van der Waals surface area (Å²) < 4.78 is 5.01. The number of hydrazine groups is 1. The van der Waals surface area contributed by atoms with E-state index in [4.69, 9.17) is 17.0 Å². The van der Waals surface area contributed by atoms with Crippen LogP contribution in [0.2, 0.25) is 0 Å². The van der Waals surface area contributed by atoms with E-state index >= 15 is 0 Å². The van der Waals surface area contributed by atoms with Crippen LogP contribution < -0.4 is 16.2 Å². The second-order valence-electron chi connectivity index (χ2n) is 5.35. The molecule has 0 heterocycles. The van der Waals surface area contributed by atoms with E-state index in [1.54, 1.807) is 19.2 Å². The average molecular weight is 343 g/mol. The molecule has 1 atom stereocenters. The van der Waals surface area contributed by atoms with Crippen LogP contribution in [0.4, 0.5) is 0 Å². The van der Waals surface area contributed by atoms with Crippen molar-refractivity contribution in [2.45, 2.75) is 13.0 Å². The van der Waals surface area contributed by atoms with Gasteiger partial charge in [0.05, 0.1) is 6.61 Å². The van der Waals surface area contributed by atoms with Crippen LogP contribution in [0.25, 0.3) is 11.1 Å². The van der Waals surface area contributed by atoms with Crippen LogP contribution in [0.15, 0.2) is 54.6 Å². The Balaban J connectivity index is 1.88. The summed E-state index contributed by atoms with van der Waals surface area (Å²) in [5.74, 6) is -0.252. The molecule has 24 heavy (non-hydrogen) atoms. The van der Waals surface area contributed by atoms with Crippen molar-refractivity contribution in [1.29, 1.82) is 0 Å². The molecule has 6 heteroatoms. The Morgan fingerprint density at radius 2 is 1.67 bits per heavy atom. The zero-order valence-corrected chi connectivity index (χ0v) is 14.5. The van der Waals surface area contributed by atoms with Crippen molar-refractivity contribution in [3.8, 4) is 11.1 Å². The van der Waals surface area contributed by atoms with Crippen LogP contribution >= 0.6 is 12.2 Å². The molecule has 5 nitrogen and oxygen atoms in total. The molecule has 0 fully saturated rings. The maximum Gasteiger partial charge on any atom is 0.269 e. The van der Waals surface area contributed by atoms with E-state index < -0.39 is 0 Å². The van der Waals surface area contributed by atoms with Crippen LogP contribution in [-0.4, -0.2) is 30.8 Å². The SMILES string of the molecule is COC[C@H](C)NC(=S)NNC(=O)c1ccc(-c2ccccc2)cc1. The van der Waals surface area contributed by atoms with Gasteiger partial charge < -0.3 is 10.1 Å². The monoisotopic (exact) mass is 343 g/mol. The van der Waals surface area contributed by atoms with E-state index in [1.807, 2.05) is 49.4 Å². The fraction of sp³-hybridized carbons (Fsp3) is 0.222. The summed E-state index contributed by atoms with van der Waals surface area (Å²) in [4.78, 5) is 12.1. The second kappa shape index (κ2) is 9.00. The number of nitrogens with one attached hydrogen (secondary N) is 3. The molecule has 0 bridgehead atoms. The van der Waals surface area contributed by atoms with Gasteiger partial charge in [-0.2, -0.15) is 0 Å². The zero-order valence-electron chi connectivity index (χ0n) is 13.7. The zero-order chi connectivity index (χ0) is 17.4. The fourth-order valence-corrected chi connectivity index (χ4v) is 2.43. The molecule has 0 radical (unpaired) electrons. The lowest BCUT2D eigenvalue weighted by molar-refractivity contribution is 0.0943. The van der Waals surface area contributed by atoms with E-state index in [2.05, 4.69) is 16.2 Å². The molecule has 1 amide bonds. The molecular weight excluding hydrogens is 322 g/mol. The molecule has 0 unspecified atom stereocenters. The molecule has 0 aliphatic rings. The van der Waals surface area contributed by atoms with E-state index in [9.17, 15) is 4.79 Å². The van der Waals surface area contributed by atoms with Crippen molar-refractivity contribution in [2.24, 2.45) is 0 Å². The normalized spacial score (nSPS) is 11.4. The molecule has 126 valence electrons. The summed E-state index contributed by atoms with van der Waals surface area (Å²) in [6, 6.07) is 17.5. The Labute approximate surface area is 147 Å². The second-order valence-corrected chi connectivity index (χ2v) is 5.76. The van der Waals surface area contributed by atoms with Crippen LogP contribution in [0.5, 0.6) is 0 Å². The van der Waals surface area contributed by atoms with E-state index in [0.717, 1.165) is 11.1 Å². The minimum absolute atomic E-state index is 0.0528. The van der Waals surface area contributed by atoms with Gasteiger partial charge in [-0.15, -0.1) is 0 Å². The highest BCUT2D eigenvalue weighted by molar-refractivity contribution is 7.80.